The Hall–Kier alpha value is -2.49. The third-order valence-corrected chi connectivity index (χ3v) is 3.46. The maximum atomic E-state index is 11.6. The molecule has 1 aliphatic rings. The molecule has 2 aromatic rings. The lowest BCUT2D eigenvalue weighted by atomic mass is 10.0. The fourth-order valence-electron chi connectivity index (χ4n) is 2.33. The zero-order chi connectivity index (χ0) is 14.1. The molecule has 0 N–H and O–H groups in total. The molecule has 0 unspecified atom stereocenters. The minimum absolute atomic E-state index is 0.0393. The predicted molar refractivity (Wildman–Crippen MR) is 77.3 cm³/mol. The summed E-state index contributed by atoms with van der Waals surface area (Å²) < 4.78 is 10.9. The van der Waals surface area contributed by atoms with Crippen molar-refractivity contribution in [2.75, 3.05) is 25.7 Å². The Bertz CT molecular complexity index is 667. The van der Waals surface area contributed by atoms with Gasteiger partial charge >= 0.3 is 0 Å². The van der Waals surface area contributed by atoms with Gasteiger partial charge in [0.25, 0.3) is 5.91 Å². The van der Waals surface area contributed by atoms with E-state index in [1.807, 2.05) is 42.5 Å². The number of rotatable bonds is 2. The lowest BCUT2D eigenvalue weighted by Gasteiger charge is -2.26. The Labute approximate surface area is 117 Å². The van der Waals surface area contributed by atoms with Crippen molar-refractivity contribution in [3.05, 3.63) is 42.5 Å². The summed E-state index contributed by atoms with van der Waals surface area (Å²) in [6, 6.07) is 13.6. The van der Waals surface area contributed by atoms with Crippen LogP contribution < -0.4 is 14.4 Å². The fourth-order valence-corrected chi connectivity index (χ4v) is 2.33. The molecule has 102 valence electrons. The molecule has 0 saturated heterocycles. The van der Waals surface area contributed by atoms with E-state index in [1.165, 1.54) is 0 Å². The molecular weight excluding hydrogens is 254 g/mol. The van der Waals surface area contributed by atoms with E-state index in [2.05, 4.69) is 0 Å². The molecule has 3 rings (SSSR count). The Morgan fingerprint density at radius 1 is 1.20 bits per heavy atom. The van der Waals surface area contributed by atoms with Gasteiger partial charge in [0.15, 0.2) is 6.61 Å². The molecule has 0 spiro atoms. The number of fused-ring (bicyclic) bond motifs is 1. The first-order chi connectivity index (χ1) is 9.70. The van der Waals surface area contributed by atoms with Crippen LogP contribution in [0.15, 0.2) is 42.5 Å². The second-order valence-corrected chi connectivity index (χ2v) is 4.62. The maximum Gasteiger partial charge on any atom is 0.264 e. The van der Waals surface area contributed by atoms with E-state index >= 15 is 0 Å². The van der Waals surface area contributed by atoms with Gasteiger partial charge in [-0.2, -0.15) is 0 Å². The number of ether oxygens (including phenoxy) is 2. The SMILES string of the molecule is COc1ccccc1-c1ccc2c(c1)OCC(=O)N2C. The highest BCUT2D eigenvalue weighted by molar-refractivity contribution is 5.97. The van der Waals surface area contributed by atoms with Crippen LogP contribution >= 0.6 is 0 Å². The van der Waals surface area contributed by atoms with Gasteiger partial charge in [-0.05, 0) is 23.8 Å². The third kappa shape index (κ3) is 1.99. The third-order valence-electron chi connectivity index (χ3n) is 3.46. The van der Waals surface area contributed by atoms with Crippen molar-refractivity contribution >= 4 is 11.6 Å². The second-order valence-electron chi connectivity index (χ2n) is 4.62. The van der Waals surface area contributed by atoms with Crippen LogP contribution in [0.4, 0.5) is 5.69 Å². The van der Waals surface area contributed by atoms with E-state index in [0.29, 0.717) is 0 Å². The van der Waals surface area contributed by atoms with Gasteiger partial charge in [0.2, 0.25) is 0 Å². The summed E-state index contributed by atoms with van der Waals surface area (Å²) in [5, 5.41) is 0. The summed E-state index contributed by atoms with van der Waals surface area (Å²) in [6.07, 6.45) is 0. The smallest absolute Gasteiger partial charge is 0.264 e. The Balaban J connectivity index is 2.07. The van der Waals surface area contributed by atoms with Crippen molar-refractivity contribution in [1.29, 1.82) is 0 Å². The molecule has 2 aromatic carbocycles. The molecule has 0 aliphatic carbocycles. The molecule has 0 aromatic heterocycles. The first-order valence-corrected chi connectivity index (χ1v) is 6.37. The number of hydrogen-bond acceptors (Lipinski definition) is 3. The van der Waals surface area contributed by atoms with E-state index < -0.39 is 0 Å². The first-order valence-electron chi connectivity index (χ1n) is 6.37. The highest BCUT2D eigenvalue weighted by atomic mass is 16.5. The summed E-state index contributed by atoms with van der Waals surface area (Å²) in [4.78, 5) is 13.2. The fraction of sp³-hybridized carbons (Fsp3) is 0.188. The molecule has 0 saturated carbocycles. The van der Waals surface area contributed by atoms with Crippen molar-refractivity contribution in [3.8, 4) is 22.6 Å². The van der Waals surface area contributed by atoms with Gasteiger partial charge in [0.05, 0.1) is 12.8 Å². The number of likely N-dealkylation sites (N-methyl/N-ethyl adjacent to an activating group) is 1. The molecule has 1 aliphatic heterocycles. The average molecular weight is 269 g/mol. The van der Waals surface area contributed by atoms with E-state index in [1.54, 1.807) is 19.1 Å². The number of carbonyl (C=O) groups excluding carboxylic acids is 1. The largest absolute Gasteiger partial charge is 0.496 e. The highest BCUT2D eigenvalue weighted by Crippen LogP contribution is 2.37. The van der Waals surface area contributed by atoms with E-state index in [-0.39, 0.29) is 12.5 Å². The van der Waals surface area contributed by atoms with E-state index in [0.717, 1.165) is 28.3 Å². The van der Waals surface area contributed by atoms with Crippen LogP contribution in [0.3, 0.4) is 0 Å². The molecule has 0 radical (unpaired) electrons. The second kappa shape index (κ2) is 4.89. The molecular formula is C16H15NO3. The minimum Gasteiger partial charge on any atom is -0.496 e. The molecule has 20 heavy (non-hydrogen) atoms. The molecule has 0 fully saturated rings. The Morgan fingerprint density at radius 3 is 2.80 bits per heavy atom. The van der Waals surface area contributed by atoms with Crippen molar-refractivity contribution in [2.45, 2.75) is 0 Å². The van der Waals surface area contributed by atoms with Crippen LogP contribution in [-0.4, -0.2) is 26.7 Å². The molecule has 0 bridgehead atoms. The Kier molecular flexibility index (Phi) is 3.06. The lowest BCUT2D eigenvalue weighted by Crippen LogP contribution is -2.35. The number of para-hydroxylation sites is 1. The van der Waals surface area contributed by atoms with Gasteiger partial charge in [0, 0.05) is 12.6 Å². The van der Waals surface area contributed by atoms with Crippen LogP contribution in [0.5, 0.6) is 11.5 Å². The molecule has 1 heterocycles. The quantitative estimate of drug-likeness (QED) is 0.841. The summed E-state index contributed by atoms with van der Waals surface area (Å²) in [7, 11) is 3.41. The van der Waals surface area contributed by atoms with Gasteiger partial charge < -0.3 is 14.4 Å². The van der Waals surface area contributed by atoms with E-state index in [9.17, 15) is 4.79 Å². The molecule has 4 heteroatoms. The number of amides is 1. The topological polar surface area (TPSA) is 38.8 Å². The summed E-state index contributed by atoms with van der Waals surface area (Å²) in [5.74, 6) is 1.49. The monoisotopic (exact) mass is 269 g/mol. The van der Waals surface area contributed by atoms with Gasteiger partial charge in [-0.25, -0.2) is 0 Å². The molecule has 4 nitrogen and oxygen atoms in total. The zero-order valence-electron chi connectivity index (χ0n) is 11.4. The van der Waals surface area contributed by atoms with Gasteiger partial charge in [-0.1, -0.05) is 24.3 Å². The highest BCUT2D eigenvalue weighted by Gasteiger charge is 2.22. The average Bonchev–Trinajstić information content (AvgIpc) is 2.50. The summed E-state index contributed by atoms with van der Waals surface area (Å²) in [6.45, 7) is 0.0822. The number of anilines is 1. The first kappa shape index (κ1) is 12.5. The lowest BCUT2D eigenvalue weighted by molar-refractivity contribution is -0.120. The summed E-state index contributed by atoms with van der Waals surface area (Å²) in [5.41, 5.74) is 2.80. The normalized spacial score (nSPS) is 13.7. The van der Waals surface area contributed by atoms with Gasteiger partial charge in [-0.3, -0.25) is 4.79 Å². The Morgan fingerprint density at radius 2 is 2.00 bits per heavy atom. The standard InChI is InChI=1S/C16H15NO3/c1-17-13-8-7-11(9-15(13)20-10-16(17)18)12-5-3-4-6-14(12)19-2/h3-9H,10H2,1-2H3. The summed E-state index contributed by atoms with van der Waals surface area (Å²) >= 11 is 0. The van der Waals surface area contributed by atoms with Crippen LogP contribution in [-0.2, 0) is 4.79 Å². The number of nitrogens with zero attached hydrogens (tertiary/aromatic N) is 1. The van der Waals surface area contributed by atoms with E-state index in [4.69, 9.17) is 9.47 Å². The van der Waals surface area contributed by atoms with Crippen molar-refractivity contribution in [1.82, 2.24) is 0 Å². The maximum absolute atomic E-state index is 11.6. The number of carbonyl (C=O) groups is 1. The molecule has 1 amide bonds. The number of hydrogen-bond donors (Lipinski definition) is 0. The minimum atomic E-state index is -0.0393. The van der Waals surface area contributed by atoms with Crippen molar-refractivity contribution in [3.63, 3.8) is 0 Å². The van der Waals surface area contributed by atoms with Crippen LogP contribution in [0.2, 0.25) is 0 Å². The van der Waals surface area contributed by atoms with Crippen LogP contribution in [0.25, 0.3) is 11.1 Å². The zero-order valence-corrected chi connectivity index (χ0v) is 11.4. The number of methoxy groups -OCH3 is 1. The molecule has 0 atom stereocenters. The van der Waals surface area contributed by atoms with Crippen molar-refractivity contribution in [2.24, 2.45) is 0 Å². The number of benzene rings is 2. The van der Waals surface area contributed by atoms with Gasteiger partial charge in [-0.15, -0.1) is 0 Å². The van der Waals surface area contributed by atoms with Crippen LogP contribution in [0, 0.1) is 0 Å². The van der Waals surface area contributed by atoms with Crippen LogP contribution in [0.1, 0.15) is 0 Å². The van der Waals surface area contributed by atoms with Crippen molar-refractivity contribution < 1.29 is 14.3 Å². The van der Waals surface area contributed by atoms with Gasteiger partial charge in [0.1, 0.15) is 11.5 Å². The predicted octanol–water partition coefficient (Wildman–Crippen LogP) is 2.72.